The lowest BCUT2D eigenvalue weighted by molar-refractivity contribution is -0.122. The fourth-order valence-corrected chi connectivity index (χ4v) is 2.59. The first-order chi connectivity index (χ1) is 10.1. The van der Waals surface area contributed by atoms with Crippen LogP contribution in [0.15, 0.2) is 47.2 Å². The number of nitrogens with one attached hydrogen (secondary N) is 1. The quantitative estimate of drug-likeness (QED) is 0.826. The van der Waals surface area contributed by atoms with Gasteiger partial charge in [0.15, 0.2) is 0 Å². The molecule has 1 aromatic carbocycles. The second kappa shape index (κ2) is 7.24. The van der Waals surface area contributed by atoms with Crippen LogP contribution in [0.2, 0.25) is 0 Å². The number of ether oxygens (including phenoxy) is 1. The molecule has 1 unspecified atom stereocenters. The van der Waals surface area contributed by atoms with Gasteiger partial charge in [-0.05, 0) is 41.4 Å². The number of hydrogen-bond acceptors (Lipinski definition) is 4. The van der Waals surface area contributed by atoms with Gasteiger partial charge in [-0.25, -0.2) is 0 Å². The van der Waals surface area contributed by atoms with Gasteiger partial charge >= 0.3 is 0 Å². The van der Waals surface area contributed by atoms with Crippen LogP contribution in [0.3, 0.4) is 0 Å². The van der Waals surface area contributed by atoms with Gasteiger partial charge in [0.2, 0.25) is 5.91 Å². The number of para-hydroxylation sites is 1. The second-order valence-electron chi connectivity index (χ2n) is 4.97. The van der Waals surface area contributed by atoms with Crippen molar-refractivity contribution in [2.45, 2.75) is 18.9 Å². The molecular weight excluding hydrogens is 286 g/mol. The Labute approximate surface area is 128 Å². The molecular formula is C16H19NO3S. The highest BCUT2D eigenvalue weighted by Crippen LogP contribution is 2.21. The molecule has 0 aliphatic carbocycles. The van der Waals surface area contributed by atoms with Gasteiger partial charge in [-0.15, -0.1) is 0 Å². The van der Waals surface area contributed by atoms with Crippen LogP contribution < -0.4 is 10.1 Å². The lowest BCUT2D eigenvalue weighted by atomic mass is 9.99. The highest BCUT2D eigenvalue weighted by Gasteiger charge is 2.23. The van der Waals surface area contributed by atoms with E-state index in [1.165, 1.54) is 11.3 Å². The van der Waals surface area contributed by atoms with Crippen molar-refractivity contribution >= 4 is 17.2 Å². The van der Waals surface area contributed by atoms with E-state index in [0.29, 0.717) is 6.61 Å². The number of hydrogen-bond donors (Lipinski definition) is 2. The van der Waals surface area contributed by atoms with Crippen molar-refractivity contribution in [3.8, 4) is 5.75 Å². The maximum Gasteiger partial charge on any atom is 0.223 e. The van der Waals surface area contributed by atoms with Crippen LogP contribution in [-0.2, 0) is 10.4 Å². The highest BCUT2D eigenvalue weighted by molar-refractivity contribution is 7.08. The topological polar surface area (TPSA) is 58.6 Å². The summed E-state index contributed by atoms with van der Waals surface area (Å²) in [6.45, 7) is 2.19. The second-order valence-corrected chi connectivity index (χ2v) is 5.75. The molecule has 0 saturated carbocycles. The van der Waals surface area contributed by atoms with Crippen LogP contribution >= 0.6 is 11.3 Å². The van der Waals surface area contributed by atoms with Crippen molar-refractivity contribution in [3.05, 3.63) is 52.7 Å². The molecule has 112 valence electrons. The Hall–Kier alpha value is -1.85. The fraction of sp³-hybridized carbons (Fsp3) is 0.312. The van der Waals surface area contributed by atoms with Crippen LogP contribution in [0.5, 0.6) is 5.75 Å². The Morgan fingerprint density at radius 1 is 1.33 bits per heavy atom. The van der Waals surface area contributed by atoms with Crippen LogP contribution in [0.25, 0.3) is 0 Å². The Bertz CT molecular complexity index is 552. The number of carbonyl (C=O) groups is 1. The molecule has 0 bridgehead atoms. The van der Waals surface area contributed by atoms with Gasteiger partial charge in [0.1, 0.15) is 11.4 Å². The van der Waals surface area contributed by atoms with Crippen molar-refractivity contribution < 1.29 is 14.6 Å². The number of aliphatic hydroxyl groups is 1. The van der Waals surface area contributed by atoms with Gasteiger partial charge in [0, 0.05) is 0 Å². The fourth-order valence-electron chi connectivity index (χ4n) is 1.81. The van der Waals surface area contributed by atoms with Crippen molar-refractivity contribution in [2.24, 2.45) is 0 Å². The van der Waals surface area contributed by atoms with Crippen LogP contribution in [0.4, 0.5) is 0 Å². The summed E-state index contributed by atoms with van der Waals surface area (Å²) in [5.41, 5.74) is -0.232. The SMILES string of the molecule is CC(O)(CNC(=O)CCOc1ccccc1)c1ccsc1. The number of thiophene rings is 1. The summed E-state index contributed by atoms with van der Waals surface area (Å²) in [5.74, 6) is 0.608. The average Bonchev–Trinajstić information content (AvgIpc) is 3.01. The van der Waals surface area contributed by atoms with Crippen LogP contribution in [0, 0.1) is 0 Å². The van der Waals surface area contributed by atoms with E-state index in [2.05, 4.69) is 5.32 Å². The number of carbonyl (C=O) groups excluding carboxylic acids is 1. The average molecular weight is 305 g/mol. The summed E-state index contributed by atoms with van der Waals surface area (Å²) in [6.07, 6.45) is 0.259. The molecule has 1 amide bonds. The van der Waals surface area contributed by atoms with Gasteiger partial charge in [0.05, 0.1) is 19.6 Å². The summed E-state index contributed by atoms with van der Waals surface area (Å²) in [4.78, 5) is 11.7. The van der Waals surface area contributed by atoms with Crippen LogP contribution in [-0.4, -0.2) is 24.2 Å². The Morgan fingerprint density at radius 2 is 2.10 bits per heavy atom. The van der Waals surface area contributed by atoms with E-state index in [-0.39, 0.29) is 18.9 Å². The van der Waals surface area contributed by atoms with Gasteiger partial charge < -0.3 is 15.2 Å². The van der Waals surface area contributed by atoms with E-state index in [1.54, 1.807) is 6.92 Å². The molecule has 0 aliphatic rings. The predicted octanol–water partition coefficient (Wildman–Crippen LogP) is 2.54. The first-order valence-corrected chi connectivity index (χ1v) is 7.72. The third-order valence-electron chi connectivity index (χ3n) is 3.11. The number of amides is 1. The first-order valence-electron chi connectivity index (χ1n) is 6.77. The minimum absolute atomic E-state index is 0.138. The molecule has 0 radical (unpaired) electrons. The molecule has 0 aliphatic heterocycles. The van der Waals surface area contributed by atoms with E-state index < -0.39 is 5.60 Å². The smallest absolute Gasteiger partial charge is 0.223 e. The zero-order valence-corrected chi connectivity index (χ0v) is 12.7. The molecule has 2 N–H and O–H groups in total. The number of rotatable bonds is 7. The largest absolute Gasteiger partial charge is 0.493 e. The van der Waals surface area contributed by atoms with Crippen molar-refractivity contribution in [1.29, 1.82) is 0 Å². The maximum absolute atomic E-state index is 11.7. The van der Waals surface area contributed by atoms with Gasteiger partial charge in [-0.1, -0.05) is 18.2 Å². The lowest BCUT2D eigenvalue weighted by Gasteiger charge is -2.22. The summed E-state index contributed by atoms with van der Waals surface area (Å²) < 4.78 is 5.46. The molecule has 0 saturated heterocycles. The van der Waals surface area contributed by atoms with Crippen molar-refractivity contribution in [2.75, 3.05) is 13.2 Å². The molecule has 4 nitrogen and oxygen atoms in total. The molecule has 2 rings (SSSR count). The zero-order chi connectivity index (χ0) is 15.1. The Morgan fingerprint density at radius 3 is 2.76 bits per heavy atom. The van der Waals surface area contributed by atoms with E-state index in [1.807, 2.05) is 47.2 Å². The maximum atomic E-state index is 11.7. The van der Waals surface area contributed by atoms with Crippen LogP contribution in [0.1, 0.15) is 18.9 Å². The Kier molecular flexibility index (Phi) is 5.36. The molecule has 2 aromatic rings. The van der Waals surface area contributed by atoms with Gasteiger partial charge in [0.25, 0.3) is 0 Å². The molecule has 1 aromatic heterocycles. The normalized spacial score (nSPS) is 13.4. The minimum atomic E-state index is -1.05. The molecule has 1 heterocycles. The molecule has 5 heteroatoms. The molecule has 0 fully saturated rings. The summed E-state index contributed by atoms with van der Waals surface area (Å²) >= 11 is 1.52. The molecule has 21 heavy (non-hydrogen) atoms. The summed E-state index contributed by atoms with van der Waals surface area (Å²) in [6, 6.07) is 11.2. The van der Waals surface area contributed by atoms with E-state index in [9.17, 15) is 9.90 Å². The standard InChI is InChI=1S/C16H19NO3S/c1-16(19,13-8-10-21-11-13)12-17-15(18)7-9-20-14-5-3-2-4-6-14/h2-6,8,10-11,19H,7,9,12H2,1H3,(H,17,18). The zero-order valence-electron chi connectivity index (χ0n) is 11.9. The summed E-state index contributed by atoms with van der Waals surface area (Å²) in [5, 5.41) is 16.8. The van der Waals surface area contributed by atoms with Gasteiger partial charge in [-0.3, -0.25) is 4.79 Å². The third kappa shape index (κ3) is 4.88. The predicted molar refractivity (Wildman–Crippen MR) is 83.5 cm³/mol. The van der Waals surface area contributed by atoms with E-state index in [0.717, 1.165) is 11.3 Å². The number of benzene rings is 1. The Balaban J connectivity index is 1.70. The van der Waals surface area contributed by atoms with Crippen molar-refractivity contribution in [1.82, 2.24) is 5.32 Å². The third-order valence-corrected chi connectivity index (χ3v) is 3.80. The molecule has 0 spiro atoms. The highest BCUT2D eigenvalue weighted by atomic mass is 32.1. The monoisotopic (exact) mass is 305 g/mol. The van der Waals surface area contributed by atoms with E-state index in [4.69, 9.17) is 4.74 Å². The minimum Gasteiger partial charge on any atom is -0.493 e. The summed E-state index contributed by atoms with van der Waals surface area (Å²) in [7, 11) is 0. The first kappa shape index (κ1) is 15.5. The lowest BCUT2D eigenvalue weighted by Crippen LogP contribution is -2.38. The molecule has 1 atom stereocenters. The van der Waals surface area contributed by atoms with Crippen molar-refractivity contribution in [3.63, 3.8) is 0 Å². The van der Waals surface area contributed by atoms with Gasteiger partial charge in [-0.2, -0.15) is 11.3 Å². The van der Waals surface area contributed by atoms with E-state index >= 15 is 0 Å².